The fraction of sp³-hybridized carbons (Fsp3) is 0.0833. The summed E-state index contributed by atoms with van der Waals surface area (Å²) >= 11 is 0. The van der Waals surface area contributed by atoms with Crippen LogP contribution in [0.5, 0.6) is 0 Å². The van der Waals surface area contributed by atoms with Crippen LogP contribution in [0.25, 0.3) is 28.6 Å². The summed E-state index contributed by atoms with van der Waals surface area (Å²) in [5, 5.41) is 10.7. The van der Waals surface area contributed by atoms with Crippen molar-refractivity contribution in [3.05, 3.63) is 93.5 Å². The van der Waals surface area contributed by atoms with E-state index in [1.54, 1.807) is 24.4 Å². The van der Waals surface area contributed by atoms with Gasteiger partial charge in [-0.3, -0.25) is 15.1 Å². The molecule has 4 aromatic rings. The molecule has 0 N–H and O–H groups in total. The first-order chi connectivity index (χ1) is 14.5. The number of allylic oxidation sites excluding steroid dienone is 1. The maximum absolute atomic E-state index is 10.7. The van der Waals surface area contributed by atoms with Crippen LogP contribution in [-0.2, 0) is 0 Å². The number of aliphatic imine (C=N–C) groups is 1. The van der Waals surface area contributed by atoms with E-state index in [0.29, 0.717) is 5.89 Å². The number of nitrogens with zero attached hydrogens (tertiary/aromatic N) is 3. The van der Waals surface area contributed by atoms with Gasteiger partial charge >= 0.3 is 0 Å². The van der Waals surface area contributed by atoms with Gasteiger partial charge in [0.1, 0.15) is 5.52 Å². The Bertz CT molecular complexity index is 1290. The molecule has 6 heteroatoms. The van der Waals surface area contributed by atoms with E-state index in [9.17, 15) is 10.1 Å². The molecule has 4 rings (SSSR count). The molecule has 0 spiro atoms. The SMILES string of the molecule is Cc1ccc2nc(-c3ccc(C)c(N=C/C=C/c4ccc([N+](=O)[O-])cc4)c3)oc2c1. The van der Waals surface area contributed by atoms with Gasteiger partial charge in [0.15, 0.2) is 5.58 Å². The van der Waals surface area contributed by atoms with Gasteiger partial charge in [0.05, 0.1) is 10.6 Å². The van der Waals surface area contributed by atoms with Crippen LogP contribution in [-0.4, -0.2) is 16.1 Å². The average Bonchev–Trinajstić information content (AvgIpc) is 3.16. The largest absolute Gasteiger partial charge is 0.436 e. The Hall–Kier alpha value is -4.06. The zero-order chi connectivity index (χ0) is 21.1. The van der Waals surface area contributed by atoms with Crippen LogP contribution in [0.1, 0.15) is 16.7 Å². The maximum Gasteiger partial charge on any atom is 0.269 e. The fourth-order valence-electron chi connectivity index (χ4n) is 3.02. The summed E-state index contributed by atoms with van der Waals surface area (Å²) in [7, 11) is 0. The van der Waals surface area contributed by atoms with Crippen molar-refractivity contribution in [1.82, 2.24) is 4.98 Å². The molecule has 30 heavy (non-hydrogen) atoms. The van der Waals surface area contributed by atoms with Crippen molar-refractivity contribution in [3.63, 3.8) is 0 Å². The van der Waals surface area contributed by atoms with Gasteiger partial charge in [-0.1, -0.05) is 18.2 Å². The van der Waals surface area contributed by atoms with E-state index in [1.807, 2.05) is 56.3 Å². The van der Waals surface area contributed by atoms with Crippen molar-refractivity contribution in [2.45, 2.75) is 13.8 Å². The third kappa shape index (κ3) is 4.17. The Labute approximate surface area is 173 Å². The van der Waals surface area contributed by atoms with Gasteiger partial charge in [0.2, 0.25) is 5.89 Å². The molecule has 0 radical (unpaired) electrons. The Morgan fingerprint density at radius 2 is 1.83 bits per heavy atom. The summed E-state index contributed by atoms with van der Waals surface area (Å²) in [5.41, 5.74) is 6.36. The molecule has 148 valence electrons. The molecule has 0 unspecified atom stereocenters. The van der Waals surface area contributed by atoms with Gasteiger partial charge in [0, 0.05) is 23.9 Å². The lowest BCUT2D eigenvalue weighted by molar-refractivity contribution is -0.384. The number of oxazole rings is 1. The van der Waals surface area contributed by atoms with Gasteiger partial charge < -0.3 is 4.42 Å². The zero-order valence-corrected chi connectivity index (χ0v) is 16.6. The summed E-state index contributed by atoms with van der Waals surface area (Å²) in [5.74, 6) is 0.563. The summed E-state index contributed by atoms with van der Waals surface area (Å²) in [6.07, 6.45) is 5.34. The number of fused-ring (bicyclic) bond motifs is 1. The Morgan fingerprint density at radius 3 is 2.60 bits per heavy atom. The lowest BCUT2D eigenvalue weighted by atomic mass is 10.1. The van der Waals surface area contributed by atoms with Gasteiger partial charge in [0.25, 0.3) is 5.69 Å². The number of benzene rings is 3. The minimum Gasteiger partial charge on any atom is -0.436 e. The molecule has 0 saturated heterocycles. The van der Waals surface area contributed by atoms with E-state index >= 15 is 0 Å². The number of non-ortho nitro benzene ring substituents is 1. The molecular formula is C24H19N3O3. The maximum atomic E-state index is 10.7. The highest BCUT2D eigenvalue weighted by atomic mass is 16.6. The first kappa shape index (κ1) is 19.3. The molecule has 0 aliphatic rings. The van der Waals surface area contributed by atoms with Crippen molar-refractivity contribution < 1.29 is 9.34 Å². The second-order valence-corrected chi connectivity index (χ2v) is 6.98. The van der Waals surface area contributed by atoms with E-state index in [2.05, 4.69) is 9.98 Å². The van der Waals surface area contributed by atoms with Crippen LogP contribution >= 0.6 is 0 Å². The Morgan fingerprint density at radius 1 is 1.03 bits per heavy atom. The van der Waals surface area contributed by atoms with Crippen molar-refractivity contribution in [2.75, 3.05) is 0 Å². The highest BCUT2D eigenvalue weighted by molar-refractivity contribution is 5.82. The Kier molecular flexibility index (Phi) is 5.22. The number of hydrogen-bond donors (Lipinski definition) is 0. The smallest absolute Gasteiger partial charge is 0.269 e. The highest BCUT2D eigenvalue weighted by Crippen LogP contribution is 2.29. The quantitative estimate of drug-likeness (QED) is 0.220. The molecule has 0 fully saturated rings. The molecule has 1 heterocycles. The van der Waals surface area contributed by atoms with Crippen LogP contribution in [0.4, 0.5) is 11.4 Å². The highest BCUT2D eigenvalue weighted by Gasteiger charge is 2.10. The fourth-order valence-corrected chi connectivity index (χ4v) is 3.02. The molecule has 0 bridgehead atoms. The molecule has 0 aliphatic heterocycles. The topological polar surface area (TPSA) is 81.5 Å². The normalized spacial score (nSPS) is 11.7. The van der Waals surface area contributed by atoms with Crippen LogP contribution < -0.4 is 0 Å². The van der Waals surface area contributed by atoms with Crippen molar-refractivity contribution in [2.24, 2.45) is 4.99 Å². The predicted molar refractivity (Wildman–Crippen MR) is 119 cm³/mol. The summed E-state index contributed by atoms with van der Waals surface area (Å²) in [4.78, 5) is 19.4. The average molecular weight is 397 g/mol. The monoisotopic (exact) mass is 397 g/mol. The van der Waals surface area contributed by atoms with Crippen LogP contribution in [0.3, 0.4) is 0 Å². The molecule has 6 nitrogen and oxygen atoms in total. The third-order valence-corrected chi connectivity index (χ3v) is 4.69. The van der Waals surface area contributed by atoms with Gasteiger partial charge in [-0.15, -0.1) is 0 Å². The van der Waals surface area contributed by atoms with E-state index in [0.717, 1.165) is 39.0 Å². The number of hydrogen-bond acceptors (Lipinski definition) is 5. The number of nitro groups is 1. The number of aryl methyl sites for hydroxylation is 2. The minimum absolute atomic E-state index is 0.0719. The molecule has 0 aliphatic carbocycles. The second-order valence-electron chi connectivity index (χ2n) is 6.98. The van der Waals surface area contributed by atoms with Crippen LogP contribution in [0.2, 0.25) is 0 Å². The zero-order valence-electron chi connectivity index (χ0n) is 16.6. The summed E-state index contributed by atoms with van der Waals surface area (Å²) in [6, 6.07) is 18.2. The van der Waals surface area contributed by atoms with Crippen LogP contribution in [0.15, 0.2) is 76.1 Å². The molecule has 0 atom stereocenters. The standard InChI is InChI=1S/C24H19N3O3/c1-16-5-12-21-23(14-16)30-24(26-21)19-9-6-17(2)22(15-19)25-13-3-4-18-7-10-20(11-8-18)27(28)29/h3-15H,1-2H3/b4-3+,25-13?. The molecular weight excluding hydrogens is 378 g/mol. The Balaban J connectivity index is 1.54. The first-order valence-corrected chi connectivity index (χ1v) is 9.43. The third-order valence-electron chi connectivity index (χ3n) is 4.69. The minimum atomic E-state index is -0.414. The summed E-state index contributed by atoms with van der Waals surface area (Å²) in [6.45, 7) is 4.01. The number of aromatic nitrogens is 1. The molecule has 0 saturated carbocycles. The predicted octanol–water partition coefficient (Wildman–Crippen LogP) is 6.44. The van der Waals surface area contributed by atoms with E-state index < -0.39 is 4.92 Å². The van der Waals surface area contributed by atoms with Crippen molar-refractivity contribution >= 4 is 34.8 Å². The van der Waals surface area contributed by atoms with E-state index in [4.69, 9.17) is 4.42 Å². The van der Waals surface area contributed by atoms with Crippen LogP contribution in [0, 0.1) is 24.0 Å². The summed E-state index contributed by atoms with van der Waals surface area (Å²) < 4.78 is 5.91. The van der Waals surface area contributed by atoms with Gasteiger partial charge in [-0.25, -0.2) is 4.98 Å². The molecule has 0 amide bonds. The number of nitro benzene ring substituents is 1. The van der Waals surface area contributed by atoms with E-state index in [-0.39, 0.29) is 5.69 Å². The van der Waals surface area contributed by atoms with E-state index in [1.165, 1.54) is 12.1 Å². The molecule has 3 aromatic carbocycles. The van der Waals surface area contributed by atoms with Crippen molar-refractivity contribution in [3.8, 4) is 11.5 Å². The lowest BCUT2D eigenvalue weighted by Gasteiger charge is -2.02. The van der Waals surface area contributed by atoms with Gasteiger partial charge in [-0.2, -0.15) is 0 Å². The first-order valence-electron chi connectivity index (χ1n) is 9.43. The molecule has 1 aromatic heterocycles. The lowest BCUT2D eigenvalue weighted by Crippen LogP contribution is -1.86. The number of rotatable bonds is 5. The van der Waals surface area contributed by atoms with Crippen molar-refractivity contribution in [1.29, 1.82) is 0 Å². The second kappa shape index (κ2) is 8.13. The van der Waals surface area contributed by atoms with Gasteiger partial charge in [-0.05, 0) is 73.0 Å².